The molecule has 2 N–H and O–H groups in total. The molecule has 0 aliphatic carbocycles. The zero-order chi connectivity index (χ0) is 21.6. The molecule has 1 amide bonds. The molecule has 0 aliphatic heterocycles. The third-order valence-corrected chi connectivity index (χ3v) is 6.81. The SMILES string of the molecule is C[C@@H](NC(=O)CSc1nc2ccc(N=Cc3ccccc3O)cc2s1)c1ccccc1. The molecule has 156 valence electrons. The number of hydrogen-bond acceptors (Lipinski definition) is 6. The number of para-hydroxylation sites is 1. The third kappa shape index (κ3) is 5.51. The van der Waals surface area contributed by atoms with E-state index in [0.29, 0.717) is 11.3 Å². The molecule has 7 heteroatoms. The number of thioether (sulfide) groups is 1. The maximum absolute atomic E-state index is 12.3. The lowest BCUT2D eigenvalue weighted by molar-refractivity contribution is -0.119. The lowest BCUT2D eigenvalue weighted by Crippen LogP contribution is -2.28. The van der Waals surface area contributed by atoms with Crippen molar-refractivity contribution in [2.45, 2.75) is 17.3 Å². The van der Waals surface area contributed by atoms with Crippen molar-refractivity contribution in [3.05, 3.63) is 83.9 Å². The molecule has 4 aromatic rings. The molecule has 0 saturated carbocycles. The van der Waals surface area contributed by atoms with Gasteiger partial charge in [-0.05, 0) is 42.8 Å². The molecule has 0 unspecified atom stereocenters. The van der Waals surface area contributed by atoms with Crippen molar-refractivity contribution in [1.29, 1.82) is 0 Å². The van der Waals surface area contributed by atoms with Crippen LogP contribution in [-0.2, 0) is 4.79 Å². The van der Waals surface area contributed by atoms with Crippen LogP contribution in [0.25, 0.3) is 10.2 Å². The largest absolute Gasteiger partial charge is 0.507 e. The van der Waals surface area contributed by atoms with E-state index in [-0.39, 0.29) is 17.7 Å². The van der Waals surface area contributed by atoms with E-state index in [2.05, 4.69) is 15.3 Å². The van der Waals surface area contributed by atoms with Gasteiger partial charge in [0.1, 0.15) is 5.75 Å². The summed E-state index contributed by atoms with van der Waals surface area (Å²) in [6.45, 7) is 1.98. The van der Waals surface area contributed by atoms with Crippen molar-refractivity contribution in [3.63, 3.8) is 0 Å². The summed E-state index contributed by atoms with van der Waals surface area (Å²) < 4.78 is 1.85. The van der Waals surface area contributed by atoms with Crippen LogP contribution in [0.3, 0.4) is 0 Å². The molecule has 1 aromatic heterocycles. The summed E-state index contributed by atoms with van der Waals surface area (Å²) in [5, 5.41) is 12.9. The first-order chi connectivity index (χ1) is 15.1. The highest BCUT2D eigenvalue weighted by atomic mass is 32.2. The Morgan fingerprint density at radius 2 is 1.94 bits per heavy atom. The average Bonchev–Trinajstić information content (AvgIpc) is 3.20. The molecule has 31 heavy (non-hydrogen) atoms. The summed E-state index contributed by atoms with van der Waals surface area (Å²) in [6, 6.07) is 22.7. The monoisotopic (exact) mass is 447 g/mol. The Labute approximate surface area is 188 Å². The number of aromatic hydroxyl groups is 1. The fourth-order valence-corrected chi connectivity index (χ4v) is 4.92. The number of phenolic OH excluding ortho intramolecular Hbond substituents is 1. The van der Waals surface area contributed by atoms with Crippen LogP contribution in [0.1, 0.15) is 24.1 Å². The first-order valence-corrected chi connectivity index (χ1v) is 11.6. The summed E-state index contributed by atoms with van der Waals surface area (Å²) >= 11 is 2.98. The van der Waals surface area contributed by atoms with Crippen LogP contribution >= 0.6 is 23.1 Å². The summed E-state index contributed by atoms with van der Waals surface area (Å²) in [5.74, 6) is 0.493. The Balaban J connectivity index is 1.38. The van der Waals surface area contributed by atoms with Gasteiger partial charge in [-0.3, -0.25) is 9.79 Å². The fraction of sp³-hybridized carbons (Fsp3) is 0.125. The maximum atomic E-state index is 12.3. The number of nitrogens with zero attached hydrogens (tertiary/aromatic N) is 2. The van der Waals surface area contributed by atoms with Crippen LogP contribution in [0.15, 0.2) is 82.1 Å². The molecule has 1 atom stereocenters. The van der Waals surface area contributed by atoms with E-state index < -0.39 is 0 Å². The minimum Gasteiger partial charge on any atom is -0.507 e. The van der Waals surface area contributed by atoms with Crippen molar-refractivity contribution in [3.8, 4) is 5.75 Å². The van der Waals surface area contributed by atoms with Gasteiger partial charge in [0.05, 0.1) is 27.7 Å². The second-order valence-corrected chi connectivity index (χ2v) is 9.19. The summed E-state index contributed by atoms with van der Waals surface area (Å²) in [7, 11) is 0. The topological polar surface area (TPSA) is 74.6 Å². The van der Waals surface area contributed by atoms with Crippen molar-refractivity contribution < 1.29 is 9.90 Å². The number of nitrogens with one attached hydrogen (secondary N) is 1. The van der Waals surface area contributed by atoms with Crippen LogP contribution in [0, 0.1) is 0 Å². The summed E-state index contributed by atoms with van der Waals surface area (Å²) in [4.78, 5) is 21.4. The normalized spacial score (nSPS) is 12.3. The van der Waals surface area contributed by atoms with Crippen molar-refractivity contribution >= 4 is 51.1 Å². The van der Waals surface area contributed by atoms with Gasteiger partial charge in [-0.2, -0.15) is 0 Å². The van der Waals surface area contributed by atoms with Gasteiger partial charge in [-0.25, -0.2) is 4.98 Å². The molecule has 0 saturated heterocycles. The molecule has 4 rings (SSSR count). The van der Waals surface area contributed by atoms with Crippen LogP contribution in [-0.4, -0.2) is 28.0 Å². The Morgan fingerprint density at radius 3 is 2.74 bits per heavy atom. The van der Waals surface area contributed by atoms with E-state index in [9.17, 15) is 9.90 Å². The zero-order valence-corrected chi connectivity index (χ0v) is 18.5. The lowest BCUT2D eigenvalue weighted by Gasteiger charge is -2.13. The number of carbonyl (C=O) groups excluding carboxylic acids is 1. The second kappa shape index (κ2) is 9.76. The number of benzene rings is 3. The summed E-state index contributed by atoms with van der Waals surface area (Å²) in [5.41, 5.74) is 3.41. The van der Waals surface area contributed by atoms with Gasteiger partial charge in [0.2, 0.25) is 5.91 Å². The number of fused-ring (bicyclic) bond motifs is 1. The van der Waals surface area contributed by atoms with Gasteiger partial charge in [-0.1, -0.05) is 54.2 Å². The molecule has 0 fully saturated rings. The minimum atomic E-state index is -0.0332. The highest BCUT2D eigenvalue weighted by Gasteiger charge is 2.12. The molecule has 1 heterocycles. The highest BCUT2D eigenvalue weighted by molar-refractivity contribution is 8.01. The Hall–Kier alpha value is -3.16. The van der Waals surface area contributed by atoms with E-state index >= 15 is 0 Å². The first-order valence-electron chi connectivity index (χ1n) is 9.78. The van der Waals surface area contributed by atoms with Gasteiger partial charge in [0, 0.05) is 11.8 Å². The minimum absolute atomic E-state index is 0.0198. The van der Waals surface area contributed by atoms with Crippen molar-refractivity contribution in [1.82, 2.24) is 10.3 Å². The fourth-order valence-electron chi connectivity index (χ4n) is 3.01. The van der Waals surface area contributed by atoms with Crippen molar-refractivity contribution in [2.75, 3.05) is 5.75 Å². The van der Waals surface area contributed by atoms with Gasteiger partial charge in [-0.15, -0.1) is 11.3 Å². The molecular weight excluding hydrogens is 426 g/mol. The van der Waals surface area contributed by atoms with Crippen LogP contribution < -0.4 is 5.32 Å². The molecule has 0 aliphatic rings. The smallest absolute Gasteiger partial charge is 0.230 e. The van der Waals surface area contributed by atoms with Gasteiger partial charge < -0.3 is 10.4 Å². The number of rotatable bonds is 7. The zero-order valence-electron chi connectivity index (χ0n) is 16.9. The Kier molecular flexibility index (Phi) is 6.64. The van der Waals surface area contributed by atoms with E-state index in [1.54, 1.807) is 29.7 Å². The number of aliphatic imine (C=N–C) groups is 1. The quantitative estimate of drug-likeness (QED) is 0.281. The molecular formula is C24H21N3O2S2. The van der Waals surface area contributed by atoms with E-state index in [4.69, 9.17) is 0 Å². The van der Waals surface area contributed by atoms with Crippen LogP contribution in [0.5, 0.6) is 5.75 Å². The first kappa shape index (κ1) is 21.1. The maximum Gasteiger partial charge on any atom is 0.230 e. The van der Waals surface area contributed by atoms with Crippen LogP contribution in [0.2, 0.25) is 0 Å². The van der Waals surface area contributed by atoms with Crippen LogP contribution in [0.4, 0.5) is 5.69 Å². The number of aromatic nitrogens is 1. The second-order valence-electron chi connectivity index (χ2n) is 6.94. The Bertz CT molecular complexity index is 1220. The number of carbonyl (C=O) groups is 1. The number of hydrogen-bond donors (Lipinski definition) is 2. The summed E-state index contributed by atoms with van der Waals surface area (Å²) in [6.07, 6.45) is 1.64. The predicted molar refractivity (Wildman–Crippen MR) is 129 cm³/mol. The van der Waals surface area contributed by atoms with Gasteiger partial charge in [0.15, 0.2) is 4.34 Å². The number of phenols is 1. The molecule has 3 aromatic carbocycles. The average molecular weight is 448 g/mol. The van der Waals surface area contributed by atoms with Gasteiger partial charge >= 0.3 is 0 Å². The number of thiazole rings is 1. The molecule has 0 spiro atoms. The molecule has 0 radical (unpaired) electrons. The van der Waals surface area contributed by atoms with Crippen molar-refractivity contribution in [2.24, 2.45) is 4.99 Å². The molecule has 5 nitrogen and oxygen atoms in total. The standard InChI is InChI=1S/C24H21N3O2S2/c1-16(17-7-3-2-4-8-17)26-23(29)15-30-24-27-20-12-11-19(13-22(20)31-24)25-14-18-9-5-6-10-21(18)28/h2-14,16,28H,15H2,1H3,(H,26,29)/t16-/m1/s1. The van der Waals surface area contributed by atoms with E-state index in [1.165, 1.54) is 11.8 Å². The Morgan fingerprint density at radius 1 is 1.16 bits per heavy atom. The van der Waals surface area contributed by atoms with E-state index in [1.807, 2.05) is 67.6 Å². The predicted octanol–water partition coefficient (Wildman–Crippen LogP) is 5.72. The third-order valence-electron chi connectivity index (χ3n) is 4.65. The highest BCUT2D eigenvalue weighted by Crippen LogP contribution is 2.32. The van der Waals surface area contributed by atoms with Gasteiger partial charge in [0.25, 0.3) is 0 Å². The lowest BCUT2D eigenvalue weighted by atomic mass is 10.1. The molecule has 0 bridgehead atoms. The number of amides is 1. The van der Waals surface area contributed by atoms with E-state index in [0.717, 1.165) is 25.8 Å².